The van der Waals surface area contributed by atoms with E-state index >= 15 is 0 Å². The zero-order chi connectivity index (χ0) is 21.0. The molecule has 0 atom stereocenters. The minimum Gasteiger partial charge on any atom is -0.488 e. The Labute approximate surface area is 185 Å². The van der Waals surface area contributed by atoms with E-state index < -0.39 is 0 Å². The van der Waals surface area contributed by atoms with Gasteiger partial charge in [0.2, 0.25) is 0 Å². The predicted molar refractivity (Wildman–Crippen MR) is 132 cm³/mol. The molecule has 0 bridgehead atoms. The van der Waals surface area contributed by atoms with E-state index in [9.17, 15) is 0 Å². The number of anilines is 1. The maximum Gasteiger partial charge on any atom is 0.129 e. The number of ether oxygens (including phenoxy) is 1. The van der Waals surface area contributed by atoms with Crippen LogP contribution in [0.3, 0.4) is 0 Å². The molecule has 2 nitrogen and oxygen atoms in total. The van der Waals surface area contributed by atoms with E-state index in [0.717, 1.165) is 24.4 Å². The standard InChI is InChI=1S/C27H33NOS/c1-3-5-18-28(19-6-4-2)25-16-14-24(15-17-26-13-10-20-30-26)27(21-25)29-22-23-11-8-7-9-12-23/h7-17,20-21H,3-6,18-19,22H2,1-2H3/b17-15+. The average molecular weight is 420 g/mol. The van der Waals surface area contributed by atoms with Gasteiger partial charge in [-0.3, -0.25) is 0 Å². The van der Waals surface area contributed by atoms with Crippen LogP contribution in [-0.4, -0.2) is 13.1 Å². The summed E-state index contributed by atoms with van der Waals surface area (Å²) in [6.07, 6.45) is 9.18. The quantitative estimate of drug-likeness (QED) is 0.296. The number of hydrogen-bond donors (Lipinski definition) is 0. The van der Waals surface area contributed by atoms with Crippen molar-refractivity contribution in [1.29, 1.82) is 0 Å². The Kier molecular flexibility index (Phi) is 9.04. The number of benzene rings is 2. The fraction of sp³-hybridized carbons (Fsp3) is 0.333. The molecule has 1 aromatic heterocycles. The fourth-order valence-electron chi connectivity index (χ4n) is 3.34. The summed E-state index contributed by atoms with van der Waals surface area (Å²) in [5, 5.41) is 2.11. The monoisotopic (exact) mass is 419 g/mol. The highest BCUT2D eigenvalue weighted by molar-refractivity contribution is 7.10. The van der Waals surface area contributed by atoms with Gasteiger partial charge in [0, 0.05) is 35.3 Å². The molecule has 2 aromatic carbocycles. The van der Waals surface area contributed by atoms with Crippen LogP contribution in [0.15, 0.2) is 66.0 Å². The molecule has 3 heteroatoms. The van der Waals surface area contributed by atoms with Crippen LogP contribution in [0.5, 0.6) is 5.75 Å². The van der Waals surface area contributed by atoms with Gasteiger partial charge in [0.25, 0.3) is 0 Å². The first-order chi connectivity index (χ1) is 14.8. The molecule has 30 heavy (non-hydrogen) atoms. The van der Waals surface area contributed by atoms with Crippen molar-refractivity contribution in [2.45, 2.75) is 46.1 Å². The molecule has 0 N–H and O–H groups in total. The maximum absolute atomic E-state index is 6.32. The van der Waals surface area contributed by atoms with Gasteiger partial charge in [0.1, 0.15) is 12.4 Å². The topological polar surface area (TPSA) is 12.5 Å². The van der Waals surface area contributed by atoms with Gasteiger partial charge < -0.3 is 9.64 Å². The third-order valence-electron chi connectivity index (χ3n) is 5.13. The third-order valence-corrected chi connectivity index (χ3v) is 5.97. The predicted octanol–water partition coefficient (Wildman–Crippen LogP) is 7.90. The Morgan fingerprint density at radius 2 is 1.63 bits per heavy atom. The van der Waals surface area contributed by atoms with Crippen LogP contribution in [0.4, 0.5) is 5.69 Å². The van der Waals surface area contributed by atoms with Crippen LogP contribution in [0.2, 0.25) is 0 Å². The Hall–Kier alpha value is -2.52. The van der Waals surface area contributed by atoms with Crippen molar-refractivity contribution < 1.29 is 4.74 Å². The molecule has 0 spiro atoms. The van der Waals surface area contributed by atoms with Crippen molar-refractivity contribution >= 4 is 29.2 Å². The largest absolute Gasteiger partial charge is 0.488 e. The van der Waals surface area contributed by atoms with E-state index in [4.69, 9.17) is 4.74 Å². The molecule has 0 fully saturated rings. The van der Waals surface area contributed by atoms with Gasteiger partial charge in [0.05, 0.1) is 0 Å². The van der Waals surface area contributed by atoms with Crippen molar-refractivity contribution in [2.75, 3.05) is 18.0 Å². The van der Waals surface area contributed by atoms with Crippen molar-refractivity contribution in [3.05, 3.63) is 82.0 Å². The molecule has 1 heterocycles. The summed E-state index contributed by atoms with van der Waals surface area (Å²) < 4.78 is 6.32. The lowest BCUT2D eigenvalue weighted by Gasteiger charge is -2.25. The van der Waals surface area contributed by atoms with Crippen molar-refractivity contribution in [3.63, 3.8) is 0 Å². The summed E-state index contributed by atoms with van der Waals surface area (Å²) in [5.74, 6) is 0.946. The first kappa shape index (κ1) is 22.2. The third kappa shape index (κ3) is 6.77. The molecule has 0 aliphatic carbocycles. The lowest BCUT2D eigenvalue weighted by molar-refractivity contribution is 0.305. The van der Waals surface area contributed by atoms with Gasteiger partial charge in [0.15, 0.2) is 0 Å². The maximum atomic E-state index is 6.32. The van der Waals surface area contributed by atoms with Crippen LogP contribution in [-0.2, 0) is 6.61 Å². The summed E-state index contributed by atoms with van der Waals surface area (Å²) >= 11 is 1.75. The zero-order valence-electron chi connectivity index (χ0n) is 18.2. The molecular formula is C27H33NOS. The first-order valence-corrected chi connectivity index (χ1v) is 12.0. The molecule has 0 unspecified atom stereocenters. The van der Waals surface area contributed by atoms with E-state index in [0.29, 0.717) is 6.61 Å². The Balaban J connectivity index is 1.85. The SMILES string of the molecule is CCCCN(CCCC)c1ccc(/C=C/c2cccs2)c(OCc2ccccc2)c1. The summed E-state index contributed by atoms with van der Waals surface area (Å²) in [7, 11) is 0. The molecular weight excluding hydrogens is 386 g/mol. The van der Waals surface area contributed by atoms with Gasteiger partial charge in [-0.05, 0) is 54.1 Å². The minimum atomic E-state index is 0.577. The Morgan fingerprint density at radius 1 is 0.867 bits per heavy atom. The van der Waals surface area contributed by atoms with E-state index in [1.54, 1.807) is 11.3 Å². The number of rotatable bonds is 12. The molecule has 0 saturated heterocycles. The molecule has 0 saturated carbocycles. The fourth-order valence-corrected chi connectivity index (χ4v) is 3.96. The summed E-state index contributed by atoms with van der Waals surface area (Å²) in [6.45, 7) is 7.28. The lowest BCUT2D eigenvalue weighted by atomic mass is 10.1. The van der Waals surface area contributed by atoms with Crippen LogP contribution in [0.1, 0.15) is 55.5 Å². The molecule has 0 aliphatic heterocycles. The molecule has 3 aromatic rings. The highest BCUT2D eigenvalue weighted by atomic mass is 32.1. The minimum absolute atomic E-state index is 0.577. The highest BCUT2D eigenvalue weighted by Crippen LogP contribution is 2.29. The van der Waals surface area contributed by atoms with Crippen molar-refractivity contribution in [3.8, 4) is 5.75 Å². The number of hydrogen-bond acceptors (Lipinski definition) is 3. The van der Waals surface area contributed by atoms with Crippen LogP contribution >= 0.6 is 11.3 Å². The average Bonchev–Trinajstić information content (AvgIpc) is 3.31. The van der Waals surface area contributed by atoms with Gasteiger partial charge in [-0.25, -0.2) is 0 Å². The normalized spacial score (nSPS) is 11.1. The van der Waals surface area contributed by atoms with Gasteiger partial charge >= 0.3 is 0 Å². The second-order valence-corrected chi connectivity index (χ2v) is 8.52. The Bertz CT molecular complexity index is 878. The second kappa shape index (κ2) is 12.2. The molecule has 158 valence electrons. The summed E-state index contributed by atoms with van der Waals surface area (Å²) in [6, 6.07) is 21.3. The molecule has 0 aliphatic rings. The van der Waals surface area contributed by atoms with Gasteiger partial charge in [-0.1, -0.05) is 63.1 Å². The van der Waals surface area contributed by atoms with E-state index in [1.807, 2.05) is 6.07 Å². The highest BCUT2D eigenvalue weighted by Gasteiger charge is 2.10. The summed E-state index contributed by atoms with van der Waals surface area (Å²) in [5.41, 5.74) is 3.56. The van der Waals surface area contributed by atoms with Crippen molar-refractivity contribution in [1.82, 2.24) is 0 Å². The molecule has 0 radical (unpaired) electrons. The van der Waals surface area contributed by atoms with E-state index in [-0.39, 0.29) is 0 Å². The Morgan fingerprint density at radius 3 is 2.30 bits per heavy atom. The van der Waals surface area contributed by atoms with Crippen LogP contribution in [0, 0.1) is 0 Å². The molecule has 0 amide bonds. The van der Waals surface area contributed by atoms with E-state index in [1.165, 1.54) is 41.8 Å². The van der Waals surface area contributed by atoms with Crippen LogP contribution in [0.25, 0.3) is 12.2 Å². The van der Waals surface area contributed by atoms with Gasteiger partial charge in [-0.15, -0.1) is 11.3 Å². The van der Waals surface area contributed by atoms with Gasteiger partial charge in [-0.2, -0.15) is 0 Å². The number of thiophene rings is 1. The first-order valence-electron chi connectivity index (χ1n) is 11.1. The molecule has 3 rings (SSSR count). The van der Waals surface area contributed by atoms with Crippen LogP contribution < -0.4 is 9.64 Å². The zero-order valence-corrected chi connectivity index (χ0v) is 19.0. The van der Waals surface area contributed by atoms with E-state index in [2.05, 4.69) is 90.9 Å². The number of unbranched alkanes of at least 4 members (excludes halogenated alkanes) is 2. The van der Waals surface area contributed by atoms with Crippen molar-refractivity contribution in [2.24, 2.45) is 0 Å². The smallest absolute Gasteiger partial charge is 0.129 e. The number of nitrogens with zero attached hydrogens (tertiary/aromatic N) is 1. The summed E-state index contributed by atoms with van der Waals surface area (Å²) in [4.78, 5) is 3.76. The lowest BCUT2D eigenvalue weighted by Crippen LogP contribution is -2.25. The second-order valence-electron chi connectivity index (χ2n) is 7.54.